The molecule has 0 spiro atoms. The van der Waals surface area contributed by atoms with E-state index in [1.54, 1.807) is 0 Å². The smallest absolute Gasteiger partial charge is 0.101 e. The van der Waals surface area contributed by atoms with Gasteiger partial charge >= 0.3 is 0 Å². The Morgan fingerprint density at radius 2 is 1.95 bits per heavy atom. The van der Waals surface area contributed by atoms with Gasteiger partial charge in [-0.15, -0.1) is 0 Å². The fraction of sp³-hybridized carbons (Fsp3) is 0.562. The molecule has 0 aromatic heterocycles. The summed E-state index contributed by atoms with van der Waals surface area (Å²) in [6.07, 6.45) is 2.85. The molecule has 3 heteroatoms. The third-order valence-electron chi connectivity index (χ3n) is 4.20. The average Bonchev–Trinajstić information content (AvgIpc) is 3.24. The van der Waals surface area contributed by atoms with Crippen LogP contribution in [0.3, 0.4) is 0 Å². The number of rotatable bonds is 3. The van der Waals surface area contributed by atoms with Gasteiger partial charge in [0.15, 0.2) is 0 Å². The van der Waals surface area contributed by atoms with Crippen LogP contribution >= 0.6 is 0 Å². The quantitative estimate of drug-likeness (QED) is 0.831. The minimum Gasteiger partial charge on any atom is -0.368 e. The maximum absolute atomic E-state index is 9.27. The van der Waals surface area contributed by atoms with Crippen molar-refractivity contribution in [3.63, 3.8) is 0 Å². The molecule has 1 saturated heterocycles. The van der Waals surface area contributed by atoms with Crippen LogP contribution in [0.1, 0.15) is 24.0 Å². The highest BCUT2D eigenvalue weighted by Crippen LogP contribution is 2.30. The van der Waals surface area contributed by atoms with Crippen LogP contribution < -0.4 is 4.90 Å². The third kappa shape index (κ3) is 2.90. The number of aryl methyl sites for hydroxylation is 1. The summed E-state index contributed by atoms with van der Waals surface area (Å²) in [5.41, 5.74) is 3.09. The predicted molar refractivity (Wildman–Crippen MR) is 77.3 cm³/mol. The Labute approximate surface area is 115 Å². The first kappa shape index (κ1) is 12.5. The number of hydrogen-bond donors (Lipinski definition) is 0. The summed E-state index contributed by atoms with van der Waals surface area (Å²) in [5.74, 6) is 0.973. The molecule has 0 unspecified atom stereocenters. The largest absolute Gasteiger partial charge is 0.368 e. The molecule has 2 fully saturated rings. The fourth-order valence-corrected chi connectivity index (χ4v) is 2.85. The maximum Gasteiger partial charge on any atom is 0.101 e. The van der Waals surface area contributed by atoms with Crippen molar-refractivity contribution in [2.24, 2.45) is 5.92 Å². The molecular formula is C16H21N3. The summed E-state index contributed by atoms with van der Waals surface area (Å²) in [5, 5.41) is 9.27. The zero-order chi connectivity index (χ0) is 13.2. The first-order chi connectivity index (χ1) is 9.26. The number of hydrogen-bond acceptors (Lipinski definition) is 3. The van der Waals surface area contributed by atoms with E-state index in [0.717, 1.165) is 48.9 Å². The number of nitriles is 1. The van der Waals surface area contributed by atoms with Crippen molar-refractivity contribution in [2.45, 2.75) is 19.8 Å². The van der Waals surface area contributed by atoms with E-state index in [-0.39, 0.29) is 0 Å². The number of anilines is 1. The Balaban J connectivity index is 1.65. The molecule has 3 rings (SSSR count). The van der Waals surface area contributed by atoms with E-state index in [4.69, 9.17) is 0 Å². The normalized spacial score (nSPS) is 20.3. The van der Waals surface area contributed by atoms with Gasteiger partial charge in [-0.2, -0.15) is 5.26 Å². The molecular weight excluding hydrogens is 234 g/mol. The van der Waals surface area contributed by atoms with Crippen LogP contribution in [-0.2, 0) is 0 Å². The highest BCUT2D eigenvalue weighted by molar-refractivity contribution is 5.60. The van der Waals surface area contributed by atoms with Gasteiger partial charge in [-0.1, -0.05) is 6.07 Å². The summed E-state index contributed by atoms with van der Waals surface area (Å²) in [6, 6.07) is 8.53. The Morgan fingerprint density at radius 3 is 2.58 bits per heavy atom. The van der Waals surface area contributed by atoms with Gasteiger partial charge < -0.3 is 4.90 Å². The molecule has 0 N–H and O–H groups in total. The monoisotopic (exact) mass is 255 g/mol. The molecule has 3 nitrogen and oxygen atoms in total. The second kappa shape index (κ2) is 5.22. The van der Waals surface area contributed by atoms with Gasteiger partial charge in [0.25, 0.3) is 0 Å². The maximum atomic E-state index is 9.27. The zero-order valence-corrected chi connectivity index (χ0v) is 11.6. The van der Waals surface area contributed by atoms with Gasteiger partial charge in [-0.25, -0.2) is 0 Å². The topological polar surface area (TPSA) is 30.3 Å². The fourth-order valence-electron chi connectivity index (χ4n) is 2.85. The minimum atomic E-state index is 0.815. The minimum absolute atomic E-state index is 0.815. The molecule has 100 valence electrons. The highest BCUT2D eigenvalue weighted by Gasteiger charge is 2.26. The summed E-state index contributed by atoms with van der Waals surface area (Å²) < 4.78 is 0. The Bertz CT molecular complexity index is 491. The summed E-state index contributed by atoms with van der Waals surface area (Å²) in [6.45, 7) is 7.68. The van der Waals surface area contributed by atoms with Crippen molar-refractivity contribution in [1.29, 1.82) is 5.26 Å². The molecule has 0 atom stereocenters. The van der Waals surface area contributed by atoms with E-state index in [0.29, 0.717) is 0 Å². The van der Waals surface area contributed by atoms with Gasteiger partial charge in [0.1, 0.15) is 6.07 Å². The zero-order valence-electron chi connectivity index (χ0n) is 11.6. The Hall–Kier alpha value is -1.53. The van der Waals surface area contributed by atoms with E-state index < -0.39 is 0 Å². The Kier molecular flexibility index (Phi) is 3.44. The SMILES string of the molecule is Cc1ccc(N2CCN(CC3CC3)CC2)c(C#N)c1. The van der Waals surface area contributed by atoms with Crippen LogP contribution in [0.15, 0.2) is 18.2 Å². The number of nitrogens with zero attached hydrogens (tertiary/aromatic N) is 3. The highest BCUT2D eigenvalue weighted by atomic mass is 15.3. The van der Waals surface area contributed by atoms with Crippen LogP contribution in [-0.4, -0.2) is 37.6 Å². The first-order valence-electron chi connectivity index (χ1n) is 7.24. The lowest BCUT2D eigenvalue weighted by molar-refractivity contribution is 0.248. The lowest BCUT2D eigenvalue weighted by atomic mass is 10.1. The van der Waals surface area contributed by atoms with Crippen molar-refractivity contribution < 1.29 is 0 Å². The molecule has 1 saturated carbocycles. The third-order valence-corrected chi connectivity index (χ3v) is 4.20. The summed E-state index contributed by atoms with van der Waals surface area (Å²) in [4.78, 5) is 4.94. The van der Waals surface area contributed by atoms with E-state index in [1.165, 1.54) is 19.4 Å². The Morgan fingerprint density at radius 1 is 1.21 bits per heavy atom. The van der Waals surface area contributed by atoms with E-state index in [1.807, 2.05) is 13.0 Å². The van der Waals surface area contributed by atoms with Gasteiger partial charge in [0.05, 0.1) is 11.3 Å². The summed E-state index contributed by atoms with van der Waals surface area (Å²) in [7, 11) is 0. The predicted octanol–water partition coefficient (Wildman–Crippen LogP) is 2.40. The number of piperazine rings is 1. The molecule has 1 aromatic rings. The standard InChI is InChI=1S/C16H21N3/c1-13-2-5-16(15(10-13)11-17)19-8-6-18(7-9-19)12-14-3-4-14/h2,5,10,14H,3-4,6-9,12H2,1H3. The molecule has 1 aliphatic carbocycles. The molecule has 1 heterocycles. The van der Waals surface area contributed by atoms with Crippen molar-refractivity contribution in [3.05, 3.63) is 29.3 Å². The average molecular weight is 255 g/mol. The van der Waals surface area contributed by atoms with Gasteiger partial charge in [0.2, 0.25) is 0 Å². The van der Waals surface area contributed by atoms with Gasteiger partial charge in [-0.05, 0) is 43.4 Å². The molecule has 1 aromatic carbocycles. The second-order valence-electron chi connectivity index (χ2n) is 5.86. The lowest BCUT2D eigenvalue weighted by Crippen LogP contribution is -2.47. The van der Waals surface area contributed by atoms with E-state index in [9.17, 15) is 5.26 Å². The van der Waals surface area contributed by atoms with Gasteiger partial charge in [0, 0.05) is 32.7 Å². The molecule has 0 bridgehead atoms. The van der Waals surface area contributed by atoms with Gasteiger partial charge in [-0.3, -0.25) is 4.90 Å². The molecule has 0 radical (unpaired) electrons. The molecule has 2 aliphatic rings. The van der Waals surface area contributed by atoms with E-state index in [2.05, 4.69) is 28.0 Å². The lowest BCUT2D eigenvalue weighted by Gasteiger charge is -2.36. The van der Waals surface area contributed by atoms with Crippen molar-refractivity contribution in [1.82, 2.24) is 4.90 Å². The van der Waals surface area contributed by atoms with Crippen molar-refractivity contribution >= 4 is 5.69 Å². The van der Waals surface area contributed by atoms with Crippen LogP contribution in [0.4, 0.5) is 5.69 Å². The number of benzene rings is 1. The second-order valence-corrected chi connectivity index (χ2v) is 5.86. The van der Waals surface area contributed by atoms with Crippen LogP contribution in [0.5, 0.6) is 0 Å². The first-order valence-corrected chi connectivity index (χ1v) is 7.24. The molecule has 1 aliphatic heterocycles. The summed E-state index contributed by atoms with van der Waals surface area (Å²) >= 11 is 0. The molecule has 19 heavy (non-hydrogen) atoms. The van der Waals surface area contributed by atoms with Crippen LogP contribution in [0.25, 0.3) is 0 Å². The molecule has 0 amide bonds. The van der Waals surface area contributed by atoms with Crippen LogP contribution in [0, 0.1) is 24.2 Å². The van der Waals surface area contributed by atoms with Crippen molar-refractivity contribution in [2.75, 3.05) is 37.6 Å². The van der Waals surface area contributed by atoms with E-state index >= 15 is 0 Å². The van der Waals surface area contributed by atoms with Crippen molar-refractivity contribution in [3.8, 4) is 6.07 Å². The van der Waals surface area contributed by atoms with Crippen LogP contribution in [0.2, 0.25) is 0 Å².